The van der Waals surface area contributed by atoms with Crippen molar-refractivity contribution in [2.24, 2.45) is 0 Å². The third-order valence-corrected chi connectivity index (χ3v) is 4.12. The lowest BCUT2D eigenvalue weighted by Gasteiger charge is -2.13. The molecule has 0 saturated heterocycles. The van der Waals surface area contributed by atoms with Gasteiger partial charge in [-0.2, -0.15) is 5.10 Å². The fourth-order valence-electron chi connectivity index (χ4n) is 2.39. The van der Waals surface area contributed by atoms with E-state index in [0.29, 0.717) is 35.2 Å². The first-order valence-corrected chi connectivity index (χ1v) is 6.88. The molecule has 1 aromatic carbocycles. The number of benzene rings is 1. The lowest BCUT2D eigenvalue weighted by atomic mass is 9.97. The van der Waals surface area contributed by atoms with Gasteiger partial charge in [0.2, 0.25) is 0 Å². The number of Topliss-reactive ketones (excluding diaryl/α,β-unsaturated/α-hetero) is 1. The van der Waals surface area contributed by atoms with E-state index in [2.05, 4.69) is 5.10 Å². The summed E-state index contributed by atoms with van der Waals surface area (Å²) in [5.41, 5.74) is 3.26. The first-order valence-electron chi connectivity index (χ1n) is 6.12. The molecule has 0 atom stereocenters. The second-order valence-corrected chi connectivity index (χ2v) is 5.55. The second-order valence-electron chi connectivity index (χ2n) is 4.74. The molecule has 0 radical (unpaired) electrons. The molecule has 1 aliphatic carbocycles. The fraction of sp³-hybridized carbons (Fsp3) is 0.286. The Morgan fingerprint density at radius 3 is 2.84 bits per heavy atom. The van der Waals surface area contributed by atoms with Gasteiger partial charge in [0.1, 0.15) is 5.78 Å². The van der Waals surface area contributed by atoms with Gasteiger partial charge in [-0.3, -0.25) is 9.48 Å². The van der Waals surface area contributed by atoms with Gasteiger partial charge < -0.3 is 0 Å². The van der Waals surface area contributed by atoms with Crippen molar-refractivity contribution in [1.82, 2.24) is 9.78 Å². The van der Waals surface area contributed by atoms with E-state index in [1.54, 1.807) is 12.3 Å². The zero-order valence-corrected chi connectivity index (χ0v) is 11.7. The van der Waals surface area contributed by atoms with Crippen molar-refractivity contribution in [2.45, 2.75) is 25.8 Å². The van der Waals surface area contributed by atoms with E-state index in [1.807, 2.05) is 16.8 Å². The number of aromatic nitrogens is 2. The van der Waals surface area contributed by atoms with Crippen LogP contribution in [0.15, 0.2) is 24.4 Å². The van der Waals surface area contributed by atoms with Crippen LogP contribution in [-0.2, 0) is 24.2 Å². The highest BCUT2D eigenvalue weighted by molar-refractivity contribution is 6.42. The van der Waals surface area contributed by atoms with Crippen molar-refractivity contribution < 1.29 is 4.79 Å². The van der Waals surface area contributed by atoms with Crippen LogP contribution in [-0.4, -0.2) is 15.6 Å². The topological polar surface area (TPSA) is 34.9 Å². The molecule has 0 N–H and O–H groups in total. The molecule has 3 nitrogen and oxygen atoms in total. The molecule has 0 spiro atoms. The third-order valence-electron chi connectivity index (χ3n) is 3.38. The highest BCUT2D eigenvalue weighted by atomic mass is 35.5. The number of nitrogens with zero attached hydrogens (tertiary/aromatic N) is 2. The zero-order valence-electron chi connectivity index (χ0n) is 10.2. The molecule has 0 saturated carbocycles. The van der Waals surface area contributed by atoms with Crippen LogP contribution in [0.3, 0.4) is 0 Å². The van der Waals surface area contributed by atoms with Crippen LogP contribution in [0.1, 0.15) is 23.2 Å². The largest absolute Gasteiger partial charge is 0.299 e. The maximum Gasteiger partial charge on any atom is 0.137 e. The summed E-state index contributed by atoms with van der Waals surface area (Å²) in [6, 6.07) is 5.58. The summed E-state index contributed by atoms with van der Waals surface area (Å²) < 4.78 is 1.95. The van der Waals surface area contributed by atoms with Crippen molar-refractivity contribution in [1.29, 1.82) is 0 Å². The van der Waals surface area contributed by atoms with Crippen LogP contribution < -0.4 is 0 Å². The van der Waals surface area contributed by atoms with E-state index in [9.17, 15) is 4.79 Å². The van der Waals surface area contributed by atoms with Gasteiger partial charge in [0.25, 0.3) is 0 Å². The molecule has 1 aromatic heterocycles. The van der Waals surface area contributed by atoms with E-state index in [0.717, 1.165) is 23.2 Å². The quantitative estimate of drug-likeness (QED) is 0.852. The Labute approximate surface area is 121 Å². The summed E-state index contributed by atoms with van der Waals surface area (Å²) >= 11 is 11.9. The molecular weight excluding hydrogens is 283 g/mol. The molecule has 5 heteroatoms. The van der Waals surface area contributed by atoms with Crippen LogP contribution in [0.2, 0.25) is 10.0 Å². The Kier molecular flexibility index (Phi) is 3.33. The molecule has 1 heterocycles. The predicted octanol–water partition coefficient (Wildman–Crippen LogP) is 3.30. The van der Waals surface area contributed by atoms with Gasteiger partial charge in [0.05, 0.1) is 22.8 Å². The van der Waals surface area contributed by atoms with Crippen LogP contribution >= 0.6 is 23.2 Å². The molecule has 0 unspecified atom stereocenters. The maximum atomic E-state index is 11.4. The van der Waals surface area contributed by atoms with Crippen LogP contribution in [0, 0.1) is 0 Å². The van der Waals surface area contributed by atoms with Gasteiger partial charge in [-0.1, -0.05) is 29.3 Å². The van der Waals surface area contributed by atoms with Crippen molar-refractivity contribution in [3.05, 3.63) is 51.3 Å². The second kappa shape index (κ2) is 4.99. The Morgan fingerprint density at radius 2 is 2.05 bits per heavy atom. The number of fused-ring (bicyclic) bond motifs is 1. The van der Waals surface area contributed by atoms with Crippen molar-refractivity contribution in [3.63, 3.8) is 0 Å². The molecule has 19 heavy (non-hydrogen) atoms. The van der Waals surface area contributed by atoms with E-state index in [4.69, 9.17) is 23.2 Å². The highest BCUT2D eigenvalue weighted by Gasteiger charge is 2.20. The third kappa shape index (κ3) is 2.53. The van der Waals surface area contributed by atoms with Crippen molar-refractivity contribution >= 4 is 29.0 Å². The molecule has 0 amide bonds. The van der Waals surface area contributed by atoms with E-state index >= 15 is 0 Å². The lowest BCUT2D eigenvalue weighted by molar-refractivity contribution is -0.118. The molecule has 3 rings (SSSR count). The highest BCUT2D eigenvalue weighted by Crippen LogP contribution is 2.24. The van der Waals surface area contributed by atoms with E-state index in [1.165, 1.54) is 0 Å². The number of carbonyl (C=O) groups is 1. The Balaban J connectivity index is 1.88. The van der Waals surface area contributed by atoms with Crippen LogP contribution in [0.4, 0.5) is 0 Å². The summed E-state index contributed by atoms with van der Waals surface area (Å²) in [7, 11) is 0. The van der Waals surface area contributed by atoms with E-state index in [-0.39, 0.29) is 0 Å². The van der Waals surface area contributed by atoms with Gasteiger partial charge in [0.15, 0.2) is 0 Å². The Bertz CT molecular complexity index is 649. The standard InChI is InChI=1S/C14H12Cl2N2O/c15-12-3-1-9(5-13(12)16)8-18-14-4-2-11(19)6-10(14)7-17-18/h1,3,5,7H,2,4,6,8H2. The Morgan fingerprint density at radius 1 is 1.21 bits per heavy atom. The van der Waals surface area contributed by atoms with Crippen LogP contribution in [0.25, 0.3) is 0 Å². The summed E-state index contributed by atoms with van der Waals surface area (Å²) in [5.74, 6) is 0.293. The summed E-state index contributed by atoms with van der Waals surface area (Å²) in [6.07, 6.45) is 3.69. The first-order chi connectivity index (χ1) is 9.13. The number of carbonyl (C=O) groups excluding carboxylic acids is 1. The molecular formula is C14H12Cl2N2O. The minimum atomic E-state index is 0.293. The summed E-state index contributed by atoms with van der Waals surface area (Å²) in [6.45, 7) is 0.653. The summed E-state index contributed by atoms with van der Waals surface area (Å²) in [4.78, 5) is 11.4. The molecule has 0 bridgehead atoms. The van der Waals surface area contributed by atoms with Gasteiger partial charge >= 0.3 is 0 Å². The number of ketones is 1. The van der Waals surface area contributed by atoms with Gasteiger partial charge in [0, 0.05) is 24.1 Å². The number of hydrogen-bond donors (Lipinski definition) is 0. The normalized spacial score (nSPS) is 14.5. The first kappa shape index (κ1) is 12.7. The van der Waals surface area contributed by atoms with Gasteiger partial charge in [-0.05, 0) is 24.1 Å². The minimum absolute atomic E-state index is 0.293. The smallest absolute Gasteiger partial charge is 0.137 e. The lowest BCUT2D eigenvalue weighted by Crippen LogP contribution is -2.16. The number of halogens is 2. The minimum Gasteiger partial charge on any atom is -0.299 e. The van der Waals surface area contributed by atoms with Crippen molar-refractivity contribution in [2.75, 3.05) is 0 Å². The molecule has 2 aromatic rings. The predicted molar refractivity (Wildman–Crippen MR) is 74.8 cm³/mol. The molecule has 1 aliphatic rings. The fourth-order valence-corrected chi connectivity index (χ4v) is 2.71. The number of hydrogen-bond acceptors (Lipinski definition) is 2. The van der Waals surface area contributed by atoms with Crippen LogP contribution in [0.5, 0.6) is 0 Å². The average molecular weight is 295 g/mol. The average Bonchev–Trinajstić information content (AvgIpc) is 2.76. The molecule has 0 aliphatic heterocycles. The van der Waals surface area contributed by atoms with Gasteiger partial charge in [-0.15, -0.1) is 0 Å². The maximum absolute atomic E-state index is 11.4. The van der Waals surface area contributed by atoms with E-state index < -0.39 is 0 Å². The zero-order chi connectivity index (χ0) is 13.4. The molecule has 98 valence electrons. The Hall–Kier alpha value is -1.32. The monoisotopic (exact) mass is 294 g/mol. The molecule has 0 fully saturated rings. The summed E-state index contributed by atoms with van der Waals surface area (Å²) in [5, 5.41) is 5.47. The van der Waals surface area contributed by atoms with Crippen molar-refractivity contribution in [3.8, 4) is 0 Å². The number of rotatable bonds is 2. The SMILES string of the molecule is O=C1CCc2c(cnn2Cc2ccc(Cl)c(Cl)c2)C1. The van der Waals surface area contributed by atoms with Gasteiger partial charge in [-0.25, -0.2) is 0 Å².